The van der Waals surface area contributed by atoms with Gasteiger partial charge < -0.3 is 15.0 Å². The molecule has 6 heteroatoms. The van der Waals surface area contributed by atoms with Crippen molar-refractivity contribution in [1.29, 1.82) is 5.26 Å². The van der Waals surface area contributed by atoms with Gasteiger partial charge in [-0.05, 0) is 43.2 Å². The van der Waals surface area contributed by atoms with Gasteiger partial charge in [-0.2, -0.15) is 5.26 Å². The Morgan fingerprint density at radius 3 is 2.67 bits per heavy atom. The molecule has 0 bridgehead atoms. The summed E-state index contributed by atoms with van der Waals surface area (Å²) in [5.74, 6) is -0.161. The SMILES string of the molecule is CCc1ccccc1NC(=O)CN(C)C(=O)C(C)Oc1cccc(C#N)c1. The number of rotatable bonds is 7. The van der Waals surface area contributed by atoms with Gasteiger partial charge in [0.15, 0.2) is 6.10 Å². The fraction of sp³-hybridized carbons (Fsp3) is 0.286. The number of likely N-dealkylation sites (N-methyl/N-ethyl adjacent to an activating group) is 1. The third kappa shape index (κ3) is 5.58. The highest BCUT2D eigenvalue weighted by Gasteiger charge is 2.21. The van der Waals surface area contributed by atoms with Gasteiger partial charge in [-0.15, -0.1) is 0 Å². The van der Waals surface area contributed by atoms with Crippen molar-refractivity contribution in [3.8, 4) is 11.8 Å². The summed E-state index contributed by atoms with van der Waals surface area (Å²) < 4.78 is 5.60. The second-order valence-electron chi connectivity index (χ2n) is 6.15. The molecule has 0 heterocycles. The number of ether oxygens (including phenoxy) is 1. The molecule has 0 aromatic heterocycles. The largest absolute Gasteiger partial charge is 0.481 e. The Balaban J connectivity index is 1.93. The van der Waals surface area contributed by atoms with Crippen LogP contribution in [-0.4, -0.2) is 36.4 Å². The maximum Gasteiger partial charge on any atom is 0.263 e. The highest BCUT2D eigenvalue weighted by molar-refractivity contribution is 5.95. The fourth-order valence-electron chi connectivity index (χ4n) is 2.64. The molecular weight excluding hydrogens is 342 g/mol. The van der Waals surface area contributed by atoms with Crippen molar-refractivity contribution in [2.45, 2.75) is 26.4 Å². The van der Waals surface area contributed by atoms with E-state index in [1.54, 1.807) is 38.2 Å². The van der Waals surface area contributed by atoms with E-state index >= 15 is 0 Å². The first-order valence-electron chi connectivity index (χ1n) is 8.74. The molecule has 0 saturated heterocycles. The molecule has 27 heavy (non-hydrogen) atoms. The van der Waals surface area contributed by atoms with E-state index in [1.807, 2.05) is 37.3 Å². The Hall–Kier alpha value is -3.33. The third-order valence-electron chi connectivity index (χ3n) is 4.05. The number of anilines is 1. The molecule has 2 amide bonds. The number of hydrogen-bond acceptors (Lipinski definition) is 4. The molecule has 0 saturated carbocycles. The van der Waals surface area contributed by atoms with Crippen LogP contribution in [0.15, 0.2) is 48.5 Å². The van der Waals surface area contributed by atoms with Gasteiger partial charge in [0.1, 0.15) is 5.75 Å². The van der Waals surface area contributed by atoms with E-state index in [1.165, 1.54) is 4.90 Å². The van der Waals surface area contributed by atoms with E-state index in [0.29, 0.717) is 11.3 Å². The van der Waals surface area contributed by atoms with Gasteiger partial charge in [0.25, 0.3) is 5.91 Å². The number of nitrogens with one attached hydrogen (secondary N) is 1. The first-order valence-corrected chi connectivity index (χ1v) is 8.74. The molecule has 0 aliphatic heterocycles. The second kappa shape index (κ2) is 9.39. The lowest BCUT2D eigenvalue weighted by Gasteiger charge is -2.22. The van der Waals surface area contributed by atoms with Crippen molar-refractivity contribution < 1.29 is 14.3 Å². The van der Waals surface area contributed by atoms with E-state index < -0.39 is 6.10 Å². The van der Waals surface area contributed by atoms with Gasteiger partial charge in [0.05, 0.1) is 18.2 Å². The minimum atomic E-state index is -0.778. The molecule has 1 N–H and O–H groups in total. The molecule has 2 aromatic carbocycles. The zero-order valence-electron chi connectivity index (χ0n) is 15.7. The monoisotopic (exact) mass is 365 g/mol. The van der Waals surface area contributed by atoms with Crippen LogP contribution in [-0.2, 0) is 16.0 Å². The number of aryl methyl sites for hydroxylation is 1. The van der Waals surface area contributed by atoms with Crippen molar-refractivity contribution in [3.05, 3.63) is 59.7 Å². The number of carbonyl (C=O) groups is 2. The molecular formula is C21H23N3O3. The van der Waals surface area contributed by atoms with E-state index in [-0.39, 0.29) is 18.4 Å². The van der Waals surface area contributed by atoms with Crippen LogP contribution in [0.4, 0.5) is 5.69 Å². The molecule has 140 valence electrons. The summed E-state index contributed by atoms with van der Waals surface area (Å²) >= 11 is 0. The van der Waals surface area contributed by atoms with Crippen LogP contribution >= 0.6 is 0 Å². The lowest BCUT2D eigenvalue weighted by molar-refractivity contribution is -0.139. The lowest BCUT2D eigenvalue weighted by atomic mass is 10.1. The molecule has 2 aromatic rings. The number of carbonyl (C=O) groups excluding carboxylic acids is 2. The number of amides is 2. The minimum absolute atomic E-state index is 0.0805. The van der Waals surface area contributed by atoms with Gasteiger partial charge in [-0.1, -0.05) is 31.2 Å². The van der Waals surface area contributed by atoms with Crippen molar-refractivity contribution in [3.63, 3.8) is 0 Å². The highest BCUT2D eigenvalue weighted by Crippen LogP contribution is 2.16. The third-order valence-corrected chi connectivity index (χ3v) is 4.05. The van der Waals surface area contributed by atoms with Crippen LogP contribution < -0.4 is 10.1 Å². The number of nitriles is 1. The summed E-state index contributed by atoms with van der Waals surface area (Å²) in [7, 11) is 1.55. The standard InChI is InChI=1S/C21H23N3O3/c1-4-17-9-5-6-11-19(17)23-20(25)14-24(3)21(26)15(2)27-18-10-7-8-16(12-18)13-22/h5-12,15H,4,14H2,1-3H3,(H,23,25). The highest BCUT2D eigenvalue weighted by atomic mass is 16.5. The fourth-order valence-corrected chi connectivity index (χ4v) is 2.64. The minimum Gasteiger partial charge on any atom is -0.481 e. The van der Waals surface area contributed by atoms with Gasteiger partial charge in [-0.25, -0.2) is 0 Å². The van der Waals surface area contributed by atoms with E-state index in [2.05, 4.69) is 5.32 Å². The van der Waals surface area contributed by atoms with Crippen LogP contribution in [0.3, 0.4) is 0 Å². The molecule has 0 spiro atoms. The number of hydrogen-bond donors (Lipinski definition) is 1. The van der Waals surface area contributed by atoms with Crippen molar-refractivity contribution >= 4 is 17.5 Å². The Morgan fingerprint density at radius 1 is 1.22 bits per heavy atom. The zero-order valence-corrected chi connectivity index (χ0v) is 15.7. The number of benzene rings is 2. The molecule has 1 atom stereocenters. The quantitative estimate of drug-likeness (QED) is 0.818. The molecule has 2 rings (SSSR count). The zero-order chi connectivity index (χ0) is 19.8. The molecule has 1 unspecified atom stereocenters. The Bertz CT molecular complexity index is 858. The predicted molar refractivity (Wildman–Crippen MR) is 103 cm³/mol. The first-order chi connectivity index (χ1) is 12.9. The molecule has 6 nitrogen and oxygen atoms in total. The Labute approximate surface area is 159 Å². The summed E-state index contributed by atoms with van der Waals surface area (Å²) in [6, 6.07) is 16.2. The maximum absolute atomic E-state index is 12.5. The molecule has 0 aliphatic rings. The van der Waals surface area contributed by atoms with Crippen LogP contribution in [0.5, 0.6) is 5.75 Å². The van der Waals surface area contributed by atoms with E-state index in [0.717, 1.165) is 17.7 Å². The van der Waals surface area contributed by atoms with Crippen molar-refractivity contribution in [1.82, 2.24) is 4.90 Å². The summed E-state index contributed by atoms with van der Waals surface area (Å²) in [5.41, 5.74) is 2.24. The van der Waals surface area contributed by atoms with Crippen LogP contribution in [0.25, 0.3) is 0 Å². The van der Waals surface area contributed by atoms with E-state index in [9.17, 15) is 9.59 Å². The van der Waals surface area contributed by atoms with Crippen molar-refractivity contribution in [2.75, 3.05) is 18.9 Å². The summed E-state index contributed by atoms with van der Waals surface area (Å²) in [6.07, 6.45) is 0.0253. The van der Waals surface area contributed by atoms with Crippen LogP contribution in [0.1, 0.15) is 25.0 Å². The van der Waals surface area contributed by atoms with Crippen LogP contribution in [0, 0.1) is 11.3 Å². The average Bonchev–Trinajstić information content (AvgIpc) is 2.67. The second-order valence-corrected chi connectivity index (χ2v) is 6.15. The number of para-hydroxylation sites is 1. The average molecular weight is 365 g/mol. The molecule has 0 fully saturated rings. The van der Waals surface area contributed by atoms with Gasteiger partial charge in [0.2, 0.25) is 5.91 Å². The summed E-state index contributed by atoms with van der Waals surface area (Å²) in [6.45, 7) is 3.55. The smallest absolute Gasteiger partial charge is 0.263 e. The molecule has 0 aliphatic carbocycles. The summed E-state index contributed by atoms with van der Waals surface area (Å²) in [4.78, 5) is 26.1. The lowest BCUT2D eigenvalue weighted by Crippen LogP contribution is -2.42. The Morgan fingerprint density at radius 2 is 1.96 bits per heavy atom. The van der Waals surface area contributed by atoms with Crippen LogP contribution in [0.2, 0.25) is 0 Å². The van der Waals surface area contributed by atoms with Gasteiger partial charge in [0, 0.05) is 12.7 Å². The topological polar surface area (TPSA) is 82.4 Å². The molecule has 0 radical (unpaired) electrons. The maximum atomic E-state index is 12.5. The first kappa shape index (κ1) is 20.0. The predicted octanol–water partition coefficient (Wildman–Crippen LogP) is 2.99. The van der Waals surface area contributed by atoms with Gasteiger partial charge in [-0.3, -0.25) is 9.59 Å². The number of nitrogens with zero attached hydrogens (tertiary/aromatic N) is 2. The Kier molecular flexibility index (Phi) is 6.95. The van der Waals surface area contributed by atoms with E-state index in [4.69, 9.17) is 10.00 Å². The van der Waals surface area contributed by atoms with Crippen molar-refractivity contribution in [2.24, 2.45) is 0 Å². The van der Waals surface area contributed by atoms with Gasteiger partial charge >= 0.3 is 0 Å². The summed E-state index contributed by atoms with van der Waals surface area (Å²) in [5, 5.41) is 11.8. The normalized spacial score (nSPS) is 11.2.